The number of methoxy groups -OCH3 is 1. The van der Waals surface area contributed by atoms with Crippen LogP contribution >= 0.6 is 0 Å². The molecule has 6 heteroatoms. The molecule has 0 spiro atoms. The molecule has 0 aliphatic rings. The van der Waals surface area contributed by atoms with Crippen LogP contribution in [0, 0.1) is 6.92 Å². The van der Waals surface area contributed by atoms with Crippen molar-refractivity contribution in [1.29, 1.82) is 0 Å². The molecule has 18 heavy (non-hydrogen) atoms. The van der Waals surface area contributed by atoms with E-state index >= 15 is 0 Å². The van der Waals surface area contributed by atoms with Gasteiger partial charge in [-0.05, 0) is 13.8 Å². The second-order valence-corrected chi connectivity index (χ2v) is 4.54. The van der Waals surface area contributed by atoms with Gasteiger partial charge in [0.2, 0.25) is 0 Å². The second kappa shape index (κ2) is 6.51. The monoisotopic (exact) mass is 254 g/mol. The first-order valence-corrected chi connectivity index (χ1v) is 5.94. The smallest absolute Gasteiger partial charge is 0.134 e. The standard InChI is InChI=1S/C12H22N4O2/c1-9-10(13-3)15-8-16-11(9)14-7-12(2,17)5-6-18-4/h8,17H,5-7H2,1-4H3,(H2,13,14,15,16). The molecule has 1 atom stereocenters. The molecule has 1 rings (SSSR count). The molecule has 0 bridgehead atoms. The molecular weight excluding hydrogens is 232 g/mol. The van der Waals surface area contributed by atoms with Crippen molar-refractivity contribution in [2.75, 3.05) is 37.9 Å². The first-order chi connectivity index (χ1) is 8.50. The van der Waals surface area contributed by atoms with E-state index in [1.54, 1.807) is 14.0 Å². The van der Waals surface area contributed by atoms with Gasteiger partial charge in [0.25, 0.3) is 0 Å². The molecule has 0 saturated heterocycles. The summed E-state index contributed by atoms with van der Waals surface area (Å²) in [6.07, 6.45) is 2.06. The van der Waals surface area contributed by atoms with Gasteiger partial charge >= 0.3 is 0 Å². The van der Waals surface area contributed by atoms with E-state index in [4.69, 9.17) is 4.74 Å². The van der Waals surface area contributed by atoms with Crippen molar-refractivity contribution >= 4 is 11.6 Å². The van der Waals surface area contributed by atoms with Crippen molar-refractivity contribution in [1.82, 2.24) is 9.97 Å². The third kappa shape index (κ3) is 4.12. The molecule has 0 aliphatic heterocycles. The molecule has 0 amide bonds. The maximum Gasteiger partial charge on any atom is 0.134 e. The number of nitrogens with one attached hydrogen (secondary N) is 2. The number of ether oxygens (including phenoxy) is 1. The lowest BCUT2D eigenvalue weighted by Crippen LogP contribution is -2.35. The molecule has 3 N–H and O–H groups in total. The van der Waals surface area contributed by atoms with Gasteiger partial charge in [-0.25, -0.2) is 9.97 Å². The van der Waals surface area contributed by atoms with Crippen LogP contribution in [0.15, 0.2) is 6.33 Å². The maximum absolute atomic E-state index is 10.1. The van der Waals surface area contributed by atoms with Crippen LogP contribution in [-0.2, 0) is 4.74 Å². The van der Waals surface area contributed by atoms with Gasteiger partial charge in [0, 0.05) is 39.3 Å². The first-order valence-electron chi connectivity index (χ1n) is 5.94. The Morgan fingerprint density at radius 1 is 1.39 bits per heavy atom. The molecule has 1 aromatic rings. The number of aromatic nitrogens is 2. The number of aliphatic hydroxyl groups is 1. The summed E-state index contributed by atoms with van der Waals surface area (Å²) in [6, 6.07) is 0. The number of nitrogens with zero attached hydrogens (tertiary/aromatic N) is 2. The van der Waals surface area contributed by atoms with E-state index in [0.717, 1.165) is 17.2 Å². The molecule has 0 aromatic carbocycles. The van der Waals surface area contributed by atoms with Gasteiger partial charge in [0.1, 0.15) is 18.0 Å². The third-order valence-electron chi connectivity index (χ3n) is 2.80. The van der Waals surface area contributed by atoms with Crippen LogP contribution in [0.5, 0.6) is 0 Å². The molecule has 102 valence electrons. The van der Waals surface area contributed by atoms with Crippen LogP contribution in [0.3, 0.4) is 0 Å². The molecular formula is C12H22N4O2. The summed E-state index contributed by atoms with van der Waals surface area (Å²) >= 11 is 0. The van der Waals surface area contributed by atoms with Gasteiger partial charge in [0.15, 0.2) is 0 Å². The van der Waals surface area contributed by atoms with Gasteiger partial charge in [-0.15, -0.1) is 0 Å². The van der Waals surface area contributed by atoms with Gasteiger partial charge in [-0.2, -0.15) is 0 Å². The fraction of sp³-hybridized carbons (Fsp3) is 0.667. The van der Waals surface area contributed by atoms with Gasteiger partial charge in [-0.3, -0.25) is 0 Å². The number of rotatable bonds is 7. The summed E-state index contributed by atoms with van der Waals surface area (Å²) in [6.45, 7) is 4.64. The van der Waals surface area contributed by atoms with E-state index in [1.165, 1.54) is 6.33 Å². The largest absolute Gasteiger partial charge is 0.388 e. The van der Waals surface area contributed by atoms with E-state index in [1.807, 2.05) is 14.0 Å². The zero-order valence-corrected chi connectivity index (χ0v) is 11.4. The summed E-state index contributed by atoms with van der Waals surface area (Å²) < 4.78 is 4.97. The summed E-state index contributed by atoms with van der Waals surface area (Å²) in [7, 11) is 3.44. The van der Waals surface area contributed by atoms with Gasteiger partial charge in [0.05, 0.1) is 5.60 Å². The minimum atomic E-state index is -0.826. The minimum absolute atomic E-state index is 0.414. The Kier molecular flexibility index (Phi) is 5.30. The van der Waals surface area contributed by atoms with Crippen molar-refractivity contribution in [2.45, 2.75) is 25.9 Å². The lowest BCUT2D eigenvalue weighted by atomic mass is 10.0. The minimum Gasteiger partial charge on any atom is -0.388 e. The van der Waals surface area contributed by atoms with Crippen LogP contribution in [0.2, 0.25) is 0 Å². The van der Waals surface area contributed by atoms with Crippen molar-refractivity contribution in [3.8, 4) is 0 Å². The van der Waals surface area contributed by atoms with E-state index in [2.05, 4.69) is 20.6 Å². The third-order valence-corrected chi connectivity index (χ3v) is 2.80. The van der Waals surface area contributed by atoms with Crippen LogP contribution in [0.25, 0.3) is 0 Å². The van der Waals surface area contributed by atoms with Crippen LogP contribution < -0.4 is 10.6 Å². The number of anilines is 2. The fourth-order valence-corrected chi connectivity index (χ4v) is 1.56. The Morgan fingerprint density at radius 2 is 2.06 bits per heavy atom. The zero-order chi connectivity index (χ0) is 13.6. The zero-order valence-electron chi connectivity index (χ0n) is 11.4. The molecule has 6 nitrogen and oxygen atoms in total. The topological polar surface area (TPSA) is 79.3 Å². The summed E-state index contributed by atoms with van der Waals surface area (Å²) in [5.74, 6) is 1.51. The summed E-state index contributed by atoms with van der Waals surface area (Å²) in [4.78, 5) is 8.27. The van der Waals surface area contributed by atoms with Crippen molar-refractivity contribution in [2.24, 2.45) is 0 Å². The van der Waals surface area contributed by atoms with Crippen LogP contribution in [-0.4, -0.2) is 48.0 Å². The highest BCUT2D eigenvalue weighted by molar-refractivity contribution is 5.56. The van der Waals surface area contributed by atoms with Gasteiger partial charge < -0.3 is 20.5 Å². The molecule has 1 unspecified atom stereocenters. The van der Waals surface area contributed by atoms with Gasteiger partial charge in [-0.1, -0.05) is 0 Å². The molecule has 1 aromatic heterocycles. The highest BCUT2D eigenvalue weighted by Gasteiger charge is 2.20. The Morgan fingerprint density at radius 3 is 2.67 bits per heavy atom. The van der Waals surface area contributed by atoms with Crippen molar-refractivity contribution < 1.29 is 9.84 Å². The Labute approximate surface area is 108 Å². The average Bonchev–Trinajstić information content (AvgIpc) is 2.35. The van der Waals surface area contributed by atoms with Crippen molar-refractivity contribution in [3.05, 3.63) is 11.9 Å². The first kappa shape index (κ1) is 14.7. The Balaban J connectivity index is 2.63. The molecule has 0 fully saturated rings. The Bertz CT molecular complexity index is 382. The molecule has 0 saturated carbocycles. The predicted molar refractivity (Wildman–Crippen MR) is 71.9 cm³/mol. The molecule has 0 aliphatic carbocycles. The van der Waals surface area contributed by atoms with E-state index in [9.17, 15) is 5.11 Å². The van der Waals surface area contributed by atoms with E-state index < -0.39 is 5.60 Å². The quantitative estimate of drug-likeness (QED) is 0.674. The average molecular weight is 254 g/mol. The predicted octanol–water partition coefficient (Wildman–Crippen LogP) is 1.03. The molecule has 1 heterocycles. The Hall–Kier alpha value is -1.40. The highest BCUT2D eigenvalue weighted by atomic mass is 16.5. The summed E-state index contributed by atoms with van der Waals surface area (Å²) in [5.41, 5.74) is 0.107. The number of hydrogen-bond donors (Lipinski definition) is 3. The SMILES string of the molecule is CNc1ncnc(NCC(C)(O)CCOC)c1C. The second-order valence-electron chi connectivity index (χ2n) is 4.54. The van der Waals surface area contributed by atoms with Crippen LogP contribution in [0.1, 0.15) is 18.9 Å². The fourth-order valence-electron chi connectivity index (χ4n) is 1.56. The number of hydrogen-bond acceptors (Lipinski definition) is 6. The van der Waals surface area contributed by atoms with Crippen molar-refractivity contribution in [3.63, 3.8) is 0 Å². The highest BCUT2D eigenvalue weighted by Crippen LogP contribution is 2.19. The lowest BCUT2D eigenvalue weighted by molar-refractivity contribution is 0.0357. The maximum atomic E-state index is 10.1. The van der Waals surface area contributed by atoms with E-state index in [-0.39, 0.29) is 0 Å². The van der Waals surface area contributed by atoms with Crippen LogP contribution in [0.4, 0.5) is 11.6 Å². The summed E-state index contributed by atoms with van der Waals surface area (Å²) in [5, 5.41) is 16.3. The normalized spacial score (nSPS) is 14.1. The lowest BCUT2D eigenvalue weighted by Gasteiger charge is -2.24. The van der Waals surface area contributed by atoms with E-state index in [0.29, 0.717) is 19.6 Å². The molecule has 0 radical (unpaired) electrons.